The van der Waals surface area contributed by atoms with Gasteiger partial charge in [0.1, 0.15) is 0 Å². The number of nitrogens with zero attached hydrogens (tertiary/aromatic N) is 2. The van der Waals surface area contributed by atoms with Gasteiger partial charge in [0, 0.05) is 6.20 Å². The maximum atomic E-state index is 12.5. The van der Waals surface area contributed by atoms with Gasteiger partial charge in [0.25, 0.3) is 0 Å². The van der Waals surface area contributed by atoms with Crippen LogP contribution in [0.15, 0.2) is 24.4 Å². The second-order valence-corrected chi connectivity index (χ2v) is 4.39. The smallest absolute Gasteiger partial charge is 0.240 e. The molecule has 0 aliphatic carbocycles. The molecule has 0 N–H and O–H groups in total. The quantitative estimate of drug-likeness (QED) is 0.756. The van der Waals surface area contributed by atoms with Crippen LogP contribution in [0.3, 0.4) is 0 Å². The summed E-state index contributed by atoms with van der Waals surface area (Å²) in [7, 11) is 0. The van der Waals surface area contributed by atoms with E-state index in [-0.39, 0.29) is 0 Å². The predicted molar refractivity (Wildman–Crippen MR) is 62.8 cm³/mol. The third-order valence-corrected chi connectivity index (χ3v) is 2.74. The largest absolute Gasteiger partial charge is 0.435 e. The molecule has 96 valence electrons. The van der Waals surface area contributed by atoms with E-state index in [2.05, 4.69) is 5.10 Å². The first-order chi connectivity index (χ1) is 8.29. The van der Waals surface area contributed by atoms with Crippen LogP contribution in [0.2, 0.25) is 0 Å². The summed E-state index contributed by atoms with van der Waals surface area (Å²) in [6.45, 7) is 5.68. The maximum absolute atomic E-state index is 12.5. The molecule has 0 bridgehead atoms. The molecule has 0 saturated carbocycles. The van der Waals surface area contributed by atoms with Crippen molar-refractivity contribution in [2.75, 3.05) is 0 Å². The fraction of sp³-hybridized carbons (Fsp3) is 0.308. The summed E-state index contributed by atoms with van der Waals surface area (Å²) in [5, 5.41) is 3.59. The normalized spacial score (nSPS) is 11.9. The molecule has 1 heterocycles. The number of aromatic nitrogens is 2. The van der Waals surface area contributed by atoms with Gasteiger partial charge in [-0.2, -0.15) is 18.3 Å². The fourth-order valence-corrected chi connectivity index (χ4v) is 2.13. The maximum Gasteiger partial charge on any atom is 0.435 e. The van der Waals surface area contributed by atoms with Gasteiger partial charge in [-0.25, -0.2) is 4.68 Å². The van der Waals surface area contributed by atoms with E-state index >= 15 is 0 Å². The summed E-state index contributed by atoms with van der Waals surface area (Å²) < 4.78 is 38.8. The number of benzene rings is 1. The predicted octanol–water partition coefficient (Wildman–Crippen LogP) is 3.82. The molecule has 5 heteroatoms. The molecule has 0 unspecified atom stereocenters. The zero-order chi connectivity index (χ0) is 13.5. The highest BCUT2D eigenvalue weighted by Crippen LogP contribution is 2.29. The van der Waals surface area contributed by atoms with Crippen LogP contribution in [0.25, 0.3) is 5.69 Å². The van der Waals surface area contributed by atoms with Gasteiger partial charge in [0.05, 0.1) is 5.69 Å². The van der Waals surface area contributed by atoms with Gasteiger partial charge in [0.2, 0.25) is 0 Å². The topological polar surface area (TPSA) is 17.8 Å². The summed E-state index contributed by atoms with van der Waals surface area (Å²) in [5.41, 5.74) is 2.73. The molecule has 18 heavy (non-hydrogen) atoms. The van der Waals surface area contributed by atoms with E-state index in [1.54, 1.807) is 0 Å². The van der Waals surface area contributed by atoms with E-state index < -0.39 is 11.9 Å². The number of hydrogen-bond acceptors (Lipinski definition) is 1. The van der Waals surface area contributed by atoms with Gasteiger partial charge < -0.3 is 0 Å². The van der Waals surface area contributed by atoms with E-state index in [9.17, 15) is 13.2 Å². The van der Waals surface area contributed by atoms with Crippen LogP contribution in [0, 0.1) is 20.8 Å². The van der Waals surface area contributed by atoms with Crippen LogP contribution < -0.4 is 0 Å². The average molecular weight is 254 g/mol. The van der Waals surface area contributed by atoms with E-state index in [0.29, 0.717) is 5.69 Å². The van der Waals surface area contributed by atoms with Gasteiger partial charge in [-0.3, -0.25) is 0 Å². The van der Waals surface area contributed by atoms with Crippen molar-refractivity contribution in [2.24, 2.45) is 0 Å². The van der Waals surface area contributed by atoms with E-state index in [0.717, 1.165) is 22.8 Å². The number of hydrogen-bond donors (Lipinski definition) is 0. The minimum absolute atomic E-state index is 0.705. The van der Waals surface area contributed by atoms with Crippen LogP contribution in [0.5, 0.6) is 0 Å². The second kappa shape index (κ2) is 4.15. The number of alkyl halides is 3. The van der Waals surface area contributed by atoms with E-state index in [4.69, 9.17) is 0 Å². The molecule has 1 aromatic carbocycles. The Kier molecular flexibility index (Phi) is 2.92. The minimum Gasteiger partial charge on any atom is -0.240 e. The Bertz CT molecular complexity index is 559. The van der Waals surface area contributed by atoms with Crippen LogP contribution in [0.4, 0.5) is 13.2 Å². The highest BCUT2D eigenvalue weighted by molar-refractivity contribution is 5.48. The third-order valence-electron chi connectivity index (χ3n) is 2.74. The molecule has 0 spiro atoms. The van der Waals surface area contributed by atoms with Crippen LogP contribution in [0.1, 0.15) is 22.4 Å². The molecule has 0 aliphatic rings. The molecule has 0 saturated heterocycles. The molecule has 2 aromatic rings. The first-order valence-electron chi connectivity index (χ1n) is 5.50. The van der Waals surface area contributed by atoms with Gasteiger partial charge in [-0.15, -0.1) is 0 Å². The Labute approximate surface area is 103 Å². The zero-order valence-corrected chi connectivity index (χ0v) is 10.3. The molecular formula is C13H13F3N2. The van der Waals surface area contributed by atoms with Crippen molar-refractivity contribution in [3.63, 3.8) is 0 Å². The molecule has 0 atom stereocenters. The Hall–Kier alpha value is -1.78. The highest BCUT2D eigenvalue weighted by Gasteiger charge is 2.33. The lowest BCUT2D eigenvalue weighted by molar-refractivity contribution is -0.141. The first kappa shape index (κ1) is 12.7. The lowest BCUT2D eigenvalue weighted by Crippen LogP contribution is -2.08. The van der Waals surface area contributed by atoms with Crippen molar-refractivity contribution in [1.82, 2.24) is 9.78 Å². The summed E-state index contributed by atoms with van der Waals surface area (Å²) in [5.74, 6) is 0. The Morgan fingerprint density at radius 2 is 1.61 bits per heavy atom. The Morgan fingerprint density at radius 3 is 2.06 bits per heavy atom. The summed E-state index contributed by atoms with van der Waals surface area (Å²) in [4.78, 5) is 0. The number of aryl methyl sites for hydroxylation is 3. The van der Waals surface area contributed by atoms with Crippen molar-refractivity contribution in [3.05, 3.63) is 46.8 Å². The molecule has 2 rings (SSSR count). The summed E-state index contributed by atoms with van der Waals surface area (Å²) >= 11 is 0. The number of rotatable bonds is 1. The van der Waals surface area contributed by atoms with Crippen molar-refractivity contribution >= 4 is 0 Å². The monoisotopic (exact) mass is 254 g/mol. The molecule has 2 nitrogen and oxygen atoms in total. The second-order valence-electron chi connectivity index (χ2n) is 4.39. The van der Waals surface area contributed by atoms with Crippen molar-refractivity contribution in [3.8, 4) is 5.69 Å². The molecular weight excluding hydrogens is 241 g/mol. The lowest BCUT2D eigenvalue weighted by atomic mass is 10.1. The average Bonchev–Trinajstić information content (AvgIpc) is 2.64. The van der Waals surface area contributed by atoms with E-state index in [1.165, 1.54) is 10.9 Å². The standard InChI is InChI=1S/C13H13F3N2/c1-8-6-9(2)12(10(3)7-8)18-5-4-11(17-18)13(14,15)16/h4-7H,1-3H3. The van der Waals surface area contributed by atoms with Crippen LogP contribution in [-0.4, -0.2) is 9.78 Å². The molecule has 0 amide bonds. The van der Waals surface area contributed by atoms with Gasteiger partial charge in [-0.05, 0) is 38.0 Å². The van der Waals surface area contributed by atoms with Crippen LogP contribution in [-0.2, 0) is 6.18 Å². The first-order valence-corrected chi connectivity index (χ1v) is 5.50. The minimum atomic E-state index is -4.41. The third kappa shape index (κ3) is 2.25. The van der Waals surface area contributed by atoms with Crippen molar-refractivity contribution in [1.29, 1.82) is 0 Å². The van der Waals surface area contributed by atoms with E-state index in [1.807, 2.05) is 32.9 Å². The molecule has 0 radical (unpaired) electrons. The van der Waals surface area contributed by atoms with Gasteiger partial charge in [-0.1, -0.05) is 17.7 Å². The number of halogens is 3. The molecule has 1 aromatic heterocycles. The van der Waals surface area contributed by atoms with Gasteiger partial charge >= 0.3 is 6.18 Å². The van der Waals surface area contributed by atoms with Crippen molar-refractivity contribution in [2.45, 2.75) is 26.9 Å². The van der Waals surface area contributed by atoms with Crippen molar-refractivity contribution < 1.29 is 13.2 Å². The van der Waals surface area contributed by atoms with Crippen LogP contribution >= 0.6 is 0 Å². The molecule has 0 fully saturated rings. The fourth-order valence-electron chi connectivity index (χ4n) is 2.13. The Morgan fingerprint density at radius 1 is 1.06 bits per heavy atom. The molecule has 0 aliphatic heterocycles. The SMILES string of the molecule is Cc1cc(C)c(-n2ccc(C(F)(F)F)n2)c(C)c1. The Balaban J connectivity index is 2.53. The summed E-state index contributed by atoms with van der Waals surface area (Å²) in [6.07, 6.45) is -3.06. The zero-order valence-electron chi connectivity index (χ0n) is 10.3. The summed E-state index contributed by atoms with van der Waals surface area (Å²) in [6, 6.07) is 4.84. The van der Waals surface area contributed by atoms with Gasteiger partial charge in [0.15, 0.2) is 5.69 Å². The lowest BCUT2D eigenvalue weighted by Gasteiger charge is -2.11. The highest BCUT2D eigenvalue weighted by atomic mass is 19.4.